The fourth-order valence-corrected chi connectivity index (χ4v) is 4.04. The van der Waals surface area contributed by atoms with Gasteiger partial charge in [0.2, 0.25) is 0 Å². The second kappa shape index (κ2) is 9.12. The zero-order chi connectivity index (χ0) is 23.6. The van der Waals surface area contributed by atoms with Gasteiger partial charge in [0.1, 0.15) is 5.69 Å². The van der Waals surface area contributed by atoms with Crippen molar-refractivity contribution >= 4 is 22.6 Å². The molecule has 0 atom stereocenters. The lowest BCUT2D eigenvalue weighted by molar-refractivity contribution is 0.0860. The lowest BCUT2D eigenvalue weighted by Crippen LogP contribution is -2.47. The highest BCUT2D eigenvalue weighted by Gasteiger charge is 2.27. The number of ketones is 1. The highest BCUT2D eigenvalue weighted by atomic mass is 16.3. The molecule has 3 rings (SSSR count). The van der Waals surface area contributed by atoms with Crippen LogP contribution < -0.4 is 10.9 Å². The van der Waals surface area contributed by atoms with Crippen LogP contribution in [-0.4, -0.2) is 38.1 Å². The number of aryl methyl sites for hydroxylation is 3. The maximum atomic E-state index is 13.6. The zero-order valence-electron chi connectivity index (χ0n) is 19.4. The summed E-state index contributed by atoms with van der Waals surface area (Å²) in [6, 6.07) is 10.8. The van der Waals surface area contributed by atoms with Gasteiger partial charge in [-0.1, -0.05) is 44.2 Å². The first-order valence-corrected chi connectivity index (χ1v) is 10.9. The molecule has 0 spiro atoms. The molecule has 2 heterocycles. The fraction of sp³-hybridized carbons (Fsp3) is 0.400. The molecule has 1 amide bonds. The fourth-order valence-electron chi connectivity index (χ4n) is 4.04. The van der Waals surface area contributed by atoms with Gasteiger partial charge in [0.25, 0.3) is 11.5 Å². The summed E-state index contributed by atoms with van der Waals surface area (Å²) in [5.74, 6) is -0.484. The maximum Gasteiger partial charge on any atom is 0.268 e. The first-order chi connectivity index (χ1) is 15.1. The van der Waals surface area contributed by atoms with Gasteiger partial charge in [-0.2, -0.15) is 0 Å². The lowest BCUT2D eigenvalue weighted by atomic mass is 10.0. The average molecular weight is 438 g/mol. The Hall–Kier alpha value is -3.19. The molecule has 1 aromatic carbocycles. The number of aromatic nitrogens is 2. The molecule has 0 bridgehead atoms. The Kier molecular flexibility index (Phi) is 6.69. The number of rotatable bonds is 8. The van der Waals surface area contributed by atoms with Gasteiger partial charge in [-0.15, -0.1) is 0 Å². The molecule has 7 nitrogen and oxygen atoms in total. The van der Waals surface area contributed by atoms with Crippen LogP contribution in [0.5, 0.6) is 0 Å². The van der Waals surface area contributed by atoms with E-state index in [9.17, 15) is 19.5 Å². The molecular formula is C25H31N3O4. The van der Waals surface area contributed by atoms with Crippen molar-refractivity contribution in [1.29, 1.82) is 0 Å². The van der Waals surface area contributed by atoms with Crippen molar-refractivity contribution in [2.75, 3.05) is 6.61 Å². The van der Waals surface area contributed by atoms with Gasteiger partial charge in [0, 0.05) is 18.3 Å². The Morgan fingerprint density at radius 3 is 2.31 bits per heavy atom. The summed E-state index contributed by atoms with van der Waals surface area (Å²) in [6.45, 7) is 7.03. The Balaban J connectivity index is 2.18. The third kappa shape index (κ3) is 4.25. The normalized spacial score (nSPS) is 11.7. The molecule has 0 unspecified atom stereocenters. The van der Waals surface area contributed by atoms with E-state index < -0.39 is 5.54 Å². The maximum absolute atomic E-state index is 13.6. The minimum Gasteiger partial charge on any atom is -0.394 e. The molecule has 32 heavy (non-hydrogen) atoms. The molecule has 0 aliphatic heterocycles. The van der Waals surface area contributed by atoms with E-state index >= 15 is 0 Å². The van der Waals surface area contributed by atoms with Crippen LogP contribution in [0.15, 0.2) is 41.2 Å². The molecule has 3 aromatic rings. The van der Waals surface area contributed by atoms with Crippen molar-refractivity contribution < 1.29 is 14.7 Å². The Morgan fingerprint density at radius 1 is 1.09 bits per heavy atom. The minimum atomic E-state index is -0.796. The van der Waals surface area contributed by atoms with Crippen LogP contribution in [0, 0.1) is 0 Å². The molecule has 2 N–H and O–H groups in total. The number of hydrogen-bond acceptors (Lipinski definition) is 4. The minimum absolute atomic E-state index is 0.0565. The van der Waals surface area contributed by atoms with Crippen LogP contribution in [0.25, 0.3) is 10.9 Å². The number of carbonyl (C=O) groups is 2. The van der Waals surface area contributed by atoms with Gasteiger partial charge in [0.15, 0.2) is 5.78 Å². The van der Waals surface area contributed by atoms with Crippen LogP contribution in [0.3, 0.4) is 0 Å². The number of Topliss-reactive ketones (excluding diaryl/α,β-unsaturated/α-hetero) is 1. The van der Waals surface area contributed by atoms with Crippen molar-refractivity contribution in [2.45, 2.75) is 52.6 Å². The number of aliphatic hydroxyl groups excluding tert-OH is 1. The van der Waals surface area contributed by atoms with Crippen molar-refractivity contribution in [2.24, 2.45) is 7.05 Å². The molecule has 0 aliphatic rings. The number of fused-ring (bicyclic) bond motifs is 1. The summed E-state index contributed by atoms with van der Waals surface area (Å²) in [4.78, 5) is 39.5. The lowest BCUT2D eigenvalue weighted by Gasteiger charge is -2.24. The smallest absolute Gasteiger partial charge is 0.268 e. The number of amides is 1. The van der Waals surface area contributed by atoms with Gasteiger partial charge in [-0.25, -0.2) is 0 Å². The summed E-state index contributed by atoms with van der Waals surface area (Å²) in [6.07, 6.45) is 1.05. The second-order valence-corrected chi connectivity index (χ2v) is 8.67. The van der Waals surface area contributed by atoms with Gasteiger partial charge in [0.05, 0.1) is 29.6 Å². The summed E-state index contributed by atoms with van der Waals surface area (Å²) in [5.41, 5.74) is 1.93. The van der Waals surface area contributed by atoms with Gasteiger partial charge in [-0.05, 0) is 38.3 Å². The van der Waals surface area contributed by atoms with Crippen molar-refractivity contribution in [3.8, 4) is 0 Å². The van der Waals surface area contributed by atoms with Gasteiger partial charge < -0.3 is 19.6 Å². The summed E-state index contributed by atoms with van der Waals surface area (Å²) >= 11 is 0. The van der Waals surface area contributed by atoms with E-state index in [-0.39, 0.29) is 30.4 Å². The monoisotopic (exact) mass is 437 g/mol. The number of nitrogens with zero attached hydrogens (tertiary/aromatic N) is 2. The number of pyridine rings is 1. The van der Waals surface area contributed by atoms with Crippen LogP contribution >= 0.6 is 0 Å². The van der Waals surface area contributed by atoms with E-state index in [4.69, 9.17) is 0 Å². The molecule has 0 radical (unpaired) electrons. The van der Waals surface area contributed by atoms with Crippen molar-refractivity contribution in [3.63, 3.8) is 0 Å². The Bertz CT molecular complexity index is 1220. The van der Waals surface area contributed by atoms with Gasteiger partial charge >= 0.3 is 0 Å². The van der Waals surface area contributed by atoms with Crippen LogP contribution in [-0.2, 0) is 26.4 Å². The predicted molar refractivity (Wildman–Crippen MR) is 125 cm³/mol. The predicted octanol–water partition coefficient (Wildman–Crippen LogP) is 2.85. The average Bonchev–Trinajstić information content (AvgIpc) is 3.07. The number of aliphatic hydroxyl groups is 1. The quantitative estimate of drug-likeness (QED) is 0.530. The SMILES string of the molecule is CCc1c(C(=O)NC(C)(C)CO)n(C)c2cc(CC)n(CC(=O)c3ccccc3)c(=O)c12. The number of carbonyl (C=O) groups excluding carboxylic acids is 2. The first-order valence-electron chi connectivity index (χ1n) is 10.9. The van der Waals surface area contributed by atoms with Crippen molar-refractivity contribution in [1.82, 2.24) is 14.5 Å². The van der Waals surface area contributed by atoms with Crippen molar-refractivity contribution in [3.05, 3.63) is 69.3 Å². The number of benzene rings is 1. The van der Waals surface area contributed by atoms with Crippen LogP contribution in [0.4, 0.5) is 0 Å². The third-order valence-electron chi connectivity index (χ3n) is 5.83. The molecule has 7 heteroatoms. The molecular weight excluding hydrogens is 406 g/mol. The Labute approximate surface area is 187 Å². The zero-order valence-corrected chi connectivity index (χ0v) is 19.4. The highest BCUT2D eigenvalue weighted by molar-refractivity contribution is 6.02. The van der Waals surface area contributed by atoms with Crippen LogP contribution in [0.2, 0.25) is 0 Å². The standard InChI is InChI=1S/C25H31N3O4/c1-6-17-13-19-21(24(32)28(17)14-20(30)16-11-9-8-10-12-16)18(7-2)22(27(19)5)23(31)26-25(3,4)15-29/h8-13,29H,6-7,14-15H2,1-5H3,(H,26,31). The molecule has 0 saturated carbocycles. The van der Waals surface area contributed by atoms with Gasteiger partial charge in [-0.3, -0.25) is 14.4 Å². The number of hydrogen-bond donors (Lipinski definition) is 2. The second-order valence-electron chi connectivity index (χ2n) is 8.67. The van der Waals surface area contributed by atoms with E-state index in [2.05, 4.69) is 5.32 Å². The molecule has 170 valence electrons. The molecule has 0 aliphatic carbocycles. The van der Waals surface area contributed by atoms with E-state index in [1.54, 1.807) is 49.7 Å². The van der Waals surface area contributed by atoms with E-state index in [1.165, 1.54) is 4.57 Å². The highest BCUT2D eigenvalue weighted by Crippen LogP contribution is 2.25. The third-order valence-corrected chi connectivity index (χ3v) is 5.83. The van der Waals surface area contributed by atoms with E-state index in [0.717, 1.165) is 5.69 Å². The number of nitrogens with one attached hydrogen (secondary N) is 1. The topological polar surface area (TPSA) is 93.3 Å². The molecule has 0 saturated heterocycles. The first kappa shape index (κ1) is 23.5. The summed E-state index contributed by atoms with van der Waals surface area (Å²) in [5, 5.41) is 12.8. The van der Waals surface area contributed by atoms with Crippen LogP contribution in [0.1, 0.15) is 59.8 Å². The summed E-state index contributed by atoms with van der Waals surface area (Å²) < 4.78 is 3.26. The molecule has 0 fully saturated rings. The van der Waals surface area contributed by atoms with E-state index in [1.807, 2.05) is 26.0 Å². The molecule has 2 aromatic heterocycles. The van der Waals surface area contributed by atoms with E-state index in [0.29, 0.717) is 40.6 Å². The largest absolute Gasteiger partial charge is 0.394 e. The summed E-state index contributed by atoms with van der Waals surface area (Å²) in [7, 11) is 1.76. The Morgan fingerprint density at radius 2 is 1.75 bits per heavy atom.